The smallest absolute Gasteiger partial charge is 0.200 e. The van der Waals surface area contributed by atoms with E-state index in [0.29, 0.717) is 18.1 Å². The third-order valence-electron chi connectivity index (χ3n) is 5.92. The Bertz CT molecular complexity index is 515. The molecule has 2 saturated carbocycles. The number of ether oxygens (including phenoxy) is 1. The SMILES string of the molecule is Cc1ccc(F)c(F)c1OCC1CCC(C2CCCCC2)CC1. The van der Waals surface area contributed by atoms with E-state index in [4.69, 9.17) is 4.74 Å². The minimum atomic E-state index is -0.846. The summed E-state index contributed by atoms with van der Waals surface area (Å²) in [7, 11) is 0. The molecule has 0 aliphatic heterocycles. The molecule has 1 aromatic rings. The minimum absolute atomic E-state index is 0.0967. The molecule has 0 bridgehead atoms. The van der Waals surface area contributed by atoms with Crippen LogP contribution < -0.4 is 4.74 Å². The second-order valence-corrected chi connectivity index (χ2v) is 7.50. The van der Waals surface area contributed by atoms with Gasteiger partial charge in [0.25, 0.3) is 0 Å². The van der Waals surface area contributed by atoms with Crippen molar-refractivity contribution in [3.05, 3.63) is 29.3 Å². The summed E-state index contributed by atoms with van der Waals surface area (Å²) in [4.78, 5) is 0. The third-order valence-corrected chi connectivity index (χ3v) is 5.92. The lowest BCUT2D eigenvalue weighted by molar-refractivity contribution is 0.133. The van der Waals surface area contributed by atoms with Gasteiger partial charge in [0, 0.05) is 0 Å². The van der Waals surface area contributed by atoms with Gasteiger partial charge in [-0.3, -0.25) is 0 Å². The van der Waals surface area contributed by atoms with Crippen LogP contribution in [0.5, 0.6) is 5.75 Å². The molecule has 0 amide bonds. The highest BCUT2D eigenvalue weighted by Crippen LogP contribution is 2.40. The van der Waals surface area contributed by atoms with Crippen LogP contribution >= 0.6 is 0 Å². The van der Waals surface area contributed by atoms with Gasteiger partial charge >= 0.3 is 0 Å². The predicted octanol–water partition coefficient (Wildman–Crippen LogP) is 6.04. The molecule has 0 aromatic heterocycles. The Balaban J connectivity index is 1.49. The van der Waals surface area contributed by atoms with Crippen LogP contribution in [0.1, 0.15) is 63.4 Å². The molecule has 3 heteroatoms. The molecule has 0 N–H and O–H groups in total. The first-order chi connectivity index (χ1) is 11.1. The monoisotopic (exact) mass is 322 g/mol. The summed E-state index contributed by atoms with van der Waals surface area (Å²) in [6.45, 7) is 2.27. The zero-order valence-electron chi connectivity index (χ0n) is 14.1. The number of rotatable bonds is 4. The van der Waals surface area contributed by atoms with E-state index >= 15 is 0 Å². The van der Waals surface area contributed by atoms with Crippen LogP contribution in [-0.4, -0.2) is 6.61 Å². The van der Waals surface area contributed by atoms with Crippen molar-refractivity contribution in [1.29, 1.82) is 0 Å². The van der Waals surface area contributed by atoms with Gasteiger partial charge in [-0.15, -0.1) is 0 Å². The van der Waals surface area contributed by atoms with Crippen LogP contribution in [0.4, 0.5) is 8.78 Å². The van der Waals surface area contributed by atoms with Gasteiger partial charge < -0.3 is 4.74 Å². The highest BCUT2D eigenvalue weighted by Gasteiger charge is 2.29. The van der Waals surface area contributed by atoms with Crippen LogP contribution in [0.2, 0.25) is 0 Å². The number of hydrogen-bond donors (Lipinski definition) is 0. The Labute approximate surface area is 138 Å². The molecule has 2 fully saturated rings. The van der Waals surface area contributed by atoms with Crippen LogP contribution in [0, 0.1) is 36.3 Å². The highest BCUT2D eigenvalue weighted by molar-refractivity contribution is 5.34. The van der Waals surface area contributed by atoms with Gasteiger partial charge in [0.1, 0.15) is 0 Å². The van der Waals surface area contributed by atoms with Gasteiger partial charge in [-0.2, -0.15) is 4.39 Å². The molecular formula is C20H28F2O. The van der Waals surface area contributed by atoms with E-state index in [-0.39, 0.29) is 5.75 Å². The van der Waals surface area contributed by atoms with E-state index < -0.39 is 11.6 Å². The standard InChI is InChI=1S/C20H28F2O/c1-14-7-12-18(21)19(22)20(14)23-13-15-8-10-17(11-9-15)16-5-3-2-4-6-16/h7,12,15-17H,2-6,8-11,13H2,1H3. The van der Waals surface area contributed by atoms with Crippen molar-refractivity contribution in [2.45, 2.75) is 64.7 Å². The van der Waals surface area contributed by atoms with Crippen molar-refractivity contribution >= 4 is 0 Å². The topological polar surface area (TPSA) is 9.23 Å². The molecule has 0 atom stereocenters. The Morgan fingerprint density at radius 1 is 0.913 bits per heavy atom. The lowest BCUT2D eigenvalue weighted by atomic mass is 9.71. The number of halogens is 2. The van der Waals surface area contributed by atoms with Crippen molar-refractivity contribution in [3.8, 4) is 5.75 Å². The minimum Gasteiger partial charge on any atom is -0.490 e. The lowest BCUT2D eigenvalue weighted by Gasteiger charge is -2.35. The molecule has 0 heterocycles. The third kappa shape index (κ3) is 4.05. The molecule has 3 rings (SSSR count). The highest BCUT2D eigenvalue weighted by atomic mass is 19.2. The molecule has 2 aliphatic rings. The van der Waals surface area contributed by atoms with E-state index in [2.05, 4.69) is 0 Å². The molecule has 1 aromatic carbocycles. The lowest BCUT2D eigenvalue weighted by Crippen LogP contribution is -2.26. The zero-order valence-corrected chi connectivity index (χ0v) is 14.1. The van der Waals surface area contributed by atoms with Gasteiger partial charge in [-0.1, -0.05) is 38.2 Å². The van der Waals surface area contributed by atoms with Gasteiger partial charge in [0.05, 0.1) is 6.61 Å². The second kappa shape index (κ2) is 7.63. The van der Waals surface area contributed by atoms with Crippen molar-refractivity contribution in [3.63, 3.8) is 0 Å². The van der Waals surface area contributed by atoms with Gasteiger partial charge in [0.15, 0.2) is 11.6 Å². The first kappa shape index (κ1) is 16.7. The Kier molecular flexibility index (Phi) is 5.55. The second-order valence-electron chi connectivity index (χ2n) is 7.50. The maximum Gasteiger partial charge on any atom is 0.200 e. The Morgan fingerprint density at radius 2 is 1.57 bits per heavy atom. The number of hydrogen-bond acceptors (Lipinski definition) is 1. The Morgan fingerprint density at radius 3 is 2.26 bits per heavy atom. The van der Waals surface area contributed by atoms with Crippen molar-refractivity contribution in [2.24, 2.45) is 17.8 Å². The van der Waals surface area contributed by atoms with Crippen LogP contribution in [-0.2, 0) is 0 Å². The van der Waals surface area contributed by atoms with Gasteiger partial charge in [0.2, 0.25) is 5.82 Å². The number of aryl methyl sites for hydroxylation is 1. The quantitative estimate of drug-likeness (QED) is 0.657. The summed E-state index contributed by atoms with van der Waals surface area (Å²) in [5.74, 6) is 0.733. The zero-order chi connectivity index (χ0) is 16.2. The molecule has 0 spiro atoms. The fraction of sp³-hybridized carbons (Fsp3) is 0.700. The molecule has 0 radical (unpaired) electrons. The molecule has 0 unspecified atom stereocenters. The summed E-state index contributed by atoms with van der Waals surface area (Å²) in [5.41, 5.74) is 0.666. The average molecular weight is 322 g/mol. The normalized spacial score (nSPS) is 26.2. The number of benzene rings is 1. The maximum atomic E-state index is 13.8. The van der Waals surface area contributed by atoms with Crippen LogP contribution in [0.15, 0.2) is 12.1 Å². The van der Waals surface area contributed by atoms with Crippen LogP contribution in [0.3, 0.4) is 0 Å². The molecule has 23 heavy (non-hydrogen) atoms. The summed E-state index contributed by atoms with van der Waals surface area (Å²) in [6.07, 6.45) is 12.0. The van der Waals surface area contributed by atoms with E-state index in [1.807, 2.05) is 0 Å². The summed E-state index contributed by atoms with van der Waals surface area (Å²) < 4.78 is 32.8. The fourth-order valence-corrected chi connectivity index (χ4v) is 4.44. The summed E-state index contributed by atoms with van der Waals surface area (Å²) >= 11 is 0. The fourth-order valence-electron chi connectivity index (χ4n) is 4.44. The van der Waals surface area contributed by atoms with E-state index in [1.54, 1.807) is 13.0 Å². The predicted molar refractivity (Wildman–Crippen MR) is 88.6 cm³/mol. The molecule has 2 aliphatic carbocycles. The van der Waals surface area contributed by atoms with Crippen molar-refractivity contribution in [1.82, 2.24) is 0 Å². The van der Waals surface area contributed by atoms with Crippen molar-refractivity contribution < 1.29 is 13.5 Å². The summed E-state index contributed by atoms with van der Waals surface area (Å²) in [5, 5.41) is 0. The summed E-state index contributed by atoms with van der Waals surface area (Å²) in [6, 6.07) is 2.74. The van der Waals surface area contributed by atoms with E-state index in [9.17, 15) is 8.78 Å². The van der Waals surface area contributed by atoms with Crippen molar-refractivity contribution in [2.75, 3.05) is 6.61 Å². The maximum absolute atomic E-state index is 13.8. The molecular weight excluding hydrogens is 294 g/mol. The van der Waals surface area contributed by atoms with Crippen LogP contribution in [0.25, 0.3) is 0 Å². The Hall–Kier alpha value is -1.12. The first-order valence-electron chi connectivity index (χ1n) is 9.22. The van der Waals surface area contributed by atoms with Gasteiger partial charge in [-0.25, -0.2) is 4.39 Å². The molecule has 1 nitrogen and oxygen atoms in total. The molecule has 0 saturated heterocycles. The van der Waals surface area contributed by atoms with E-state index in [0.717, 1.165) is 30.7 Å². The molecule has 128 valence electrons. The first-order valence-corrected chi connectivity index (χ1v) is 9.22. The van der Waals surface area contributed by atoms with E-state index in [1.165, 1.54) is 44.9 Å². The largest absolute Gasteiger partial charge is 0.490 e. The average Bonchev–Trinajstić information content (AvgIpc) is 2.60. The van der Waals surface area contributed by atoms with Gasteiger partial charge in [-0.05, 0) is 62.0 Å².